The highest BCUT2D eigenvalue weighted by Crippen LogP contribution is 2.70. The maximum Gasteiger partial charge on any atom is 0.229 e. The maximum atomic E-state index is 14.3. The minimum Gasteiger partial charge on any atom is -0.356 e. The van der Waals surface area contributed by atoms with Crippen molar-refractivity contribution in [2.45, 2.75) is 116 Å². The molecule has 2 N–H and O–H groups in total. The Hall–Kier alpha value is -1.51. The number of rotatable bonds is 7. The van der Waals surface area contributed by atoms with Crippen LogP contribution in [0, 0.1) is 52.3 Å². The minimum atomic E-state index is -0.494. The van der Waals surface area contributed by atoms with E-state index in [4.69, 9.17) is 9.47 Å². The van der Waals surface area contributed by atoms with E-state index in [-0.39, 0.29) is 53.0 Å². The summed E-state index contributed by atoms with van der Waals surface area (Å²) in [4.78, 5) is 41.4. The Balaban J connectivity index is 1.07. The van der Waals surface area contributed by atoms with Crippen LogP contribution in [-0.2, 0) is 23.9 Å². The predicted molar refractivity (Wildman–Crippen MR) is 165 cm³/mol. The molecule has 43 heavy (non-hydrogen) atoms. The number of ketones is 1. The molecular weight excluding hydrogens is 542 g/mol. The first-order valence-corrected chi connectivity index (χ1v) is 17.4. The summed E-state index contributed by atoms with van der Waals surface area (Å²) in [7, 11) is 4.02. The van der Waals surface area contributed by atoms with E-state index in [2.05, 4.69) is 43.2 Å². The minimum absolute atomic E-state index is 0.103. The summed E-state index contributed by atoms with van der Waals surface area (Å²) in [6.07, 6.45) is 9.90. The van der Waals surface area contributed by atoms with E-state index >= 15 is 0 Å². The van der Waals surface area contributed by atoms with Crippen LogP contribution in [0.4, 0.5) is 0 Å². The lowest BCUT2D eigenvalue weighted by atomic mass is 9.44. The topological polar surface area (TPSA) is 97.0 Å². The number of hydrogen-bond acceptors (Lipinski definition) is 6. The van der Waals surface area contributed by atoms with Crippen molar-refractivity contribution in [2.24, 2.45) is 52.3 Å². The van der Waals surface area contributed by atoms with Gasteiger partial charge in [-0.05, 0) is 107 Å². The summed E-state index contributed by atoms with van der Waals surface area (Å²) in [6.45, 7) is 11.6. The van der Waals surface area contributed by atoms with Gasteiger partial charge in [-0.3, -0.25) is 14.4 Å². The number of fused-ring (bicyclic) bond motifs is 7. The van der Waals surface area contributed by atoms with Crippen LogP contribution in [0.15, 0.2) is 0 Å². The molecule has 0 aromatic carbocycles. The lowest BCUT2D eigenvalue weighted by molar-refractivity contribution is -0.272. The molecule has 0 aromatic rings. The number of ether oxygens (including phenoxy) is 2. The summed E-state index contributed by atoms with van der Waals surface area (Å²) in [6, 6.07) is 0.114. The van der Waals surface area contributed by atoms with Gasteiger partial charge in [-0.25, -0.2) is 0 Å². The molecule has 6 fully saturated rings. The summed E-state index contributed by atoms with van der Waals surface area (Å²) in [5, 5.41) is 6.07. The van der Waals surface area contributed by atoms with Crippen molar-refractivity contribution < 1.29 is 23.9 Å². The van der Waals surface area contributed by atoms with Crippen molar-refractivity contribution in [1.82, 2.24) is 15.5 Å². The van der Waals surface area contributed by atoms with Crippen molar-refractivity contribution >= 4 is 17.6 Å². The predicted octanol–water partition coefficient (Wildman–Crippen LogP) is 4.55. The highest BCUT2D eigenvalue weighted by atomic mass is 16.7. The SMILES string of the molecule is C[C@@H]1CC[C@@]2(OC1)O[C@H]1C[C@H]3[C@@H]4CC[C@H]5CC(NC(=O)CC(=O)NCCCN(C)C)CC[C@]5(C)[C@H]4CC(=O)[C@]3(C)[C@H]1[C@@H]2C. The Morgan fingerprint density at radius 3 is 2.51 bits per heavy atom. The summed E-state index contributed by atoms with van der Waals surface area (Å²) >= 11 is 0. The summed E-state index contributed by atoms with van der Waals surface area (Å²) in [5.41, 5.74) is -0.193. The number of nitrogens with zero attached hydrogens (tertiary/aromatic N) is 1. The van der Waals surface area contributed by atoms with Crippen LogP contribution in [0.3, 0.4) is 0 Å². The lowest BCUT2D eigenvalue weighted by Crippen LogP contribution is -2.59. The molecule has 8 nitrogen and oxygen atoms in total. The van der Waals surface area contributed by atoms with Gasteiger partial charge in [-0.1, -0.05) is 27.7 Å². The molecule has 2 amide bonds. The third kappa shape index (κ3) is 5.39. The Morgan fingerprint density at radius 2 is 1.79 bits per heavy atom. The molecule has 4 saturated carbocycles. The first-order valence-electron chi connectivity index (χ1n) is 17.4. The monoisotopic (exact) mass is 599 g/mol. The van der Waals surface area contributed by atoms with E-state index in [9.17, 15) is 14.4 Å². The molecule has 2 heterocycles. The molecule has 2 saturated heterocycles. The van der Waals surface area contributed by atoms with Gasteiger partial charge in [0.15, 0.2) is 5.79 Å². The number of hydrogen-bond donors (Lipinski definition) is 2. The van der Waals surface area contributed by atoms with Gasteiger partial charge in [-0.15, -0.1) is 0 Å². The average Bonchev–Trinajstić information content (AvgIpc) is 3.40. The Morgan fingerprint density at radius 1 is 1.00 bits per heavy atom. The molecule has 1 unspecified atom stereocenters. The average molecular weight is 600 g/mol. The zero-order chi connectivity index (χ0) is 30.7. The van der Waals surface area contributed by atoms with Crippen molar-refractivity contribution in [3.8, 4) is 0 Å². The van der Waals surface area contributed by atoms with Gasteiger partial charge in [0.2, 0.25) is 11.8 Å². The second kappa shape index (κ2) is 11.7. The number of Topliss-reactive ketones (excluding diaryl/α,β-unsaturated/α-hetero) is 1. The van der Waals surface area contributed by atoms with Gasteiger partial charge in [0, 0.05) is 42.7 Å². The first kappa shape index (κ1) is 31.5. The Bertz CT molecular complexity index is 1090. The van der Waals surface area contributed by atoms with Gasteiger partial charge >= 0.3 is 0 Å². The fraction of sp³-hybridized carbons (Fsp3) is 0.914. The van der Waals surface area contributed by atoms with E-state index in [1.165, 1.54) is 6.42 Å². The lowest BCUT2D eigenvalue weighted by Gasteiger charge is -2.60. The van der Waals surface area contributed by atoms with E-state index in [0.29, 0.717) is 48.3 Å². The van der Waals surface area contributed by atoms with Crippen molar-refractivity contribution in [2.75, 3.05) is 33.8 Å². The van der Waals surface area contributed by atoms with Crippen LogP contribution in [0.2, 0.25) is 0 Å². The molecule has 6 rings (SSSR count). The fourth-order valence-electron chi connectivity index (χ4n) is 11.2. The second-order valence-corrected chi connectivity index (χ2v) is 16.3. The molecule has 4 aliphatic carbocycles. The molecule has 8 heteroatoms. The molecule has 2 aliphatic heterocycles. The number of carbonyl (C=O) groups is 3. The van der Waals surface area contributed by atoms with Crippen LogP contribution in [0.5, 0.6) is 0 Å². The largest absolute Gasteiger partial charge is 0.356 e. The van der Waals surface area contributed by atoms with Gasteiger partial charge < -0.3 is 25.0 Å². The summed E-state index contributed by atoms with van der Waals surface area (Å²) < 4.78 is 13.3. The van der Waals surface area contributed by atoms with Crippen LogP contribution < -0.4 is 10.6 Å². The molecule has 0 aromatic heterocycles. The van der Waals surface area contributed by atoms with Crippen molar-refractivity contribution in [3.05, 3.63) is 0 Å². The van der Waals surface area contributed by atoms with Gasteiger partial charge in [0.25, 0.3) is 0 Å². The normalized spacial score (nSPS) is 47.0. The zero-order valence-corrected chi connectivity index (χ0v) is 27.6. The van der Waals surface area contributed by atoms with Crippen LogP contribution >= 0.6 is 0 Å². The van der Waals surface area contributed by atoms with E-state index in [0.717, 1.165) is 64.5 Å². The van der Waals surface area contributed by atoms with Crippen LogP contribution in [0.25, 0.3) is 0 Å². The molecular formula is C35H57N3O5. The zero-order valence-electron chi connectivity index (χ0n) is 27.6. The highest BCUT2D eigenvalue weighted by Gasteiger charge is 2.71. The number of amides is 2. The van der Waals surface area contributed by atoms with E-state index in [1.54, 1.807) is 0 Å². The van der Waals surface area contributed by atoms with Gasteiger partial charge in [0.1, 0.15) is 12.2 Å². The number of nitrogens with one attached hydrogen (secondary N) is 2. The number of carbonyl (C=O) groups excluding carboxylic acids is 3. The summed E-state index contributed by atoms with van der Waals surface area (Å²) in [5.74, 6) is 2.55. The Labute approximate surface area is 259 Å². The molecule has 12 atom stereocenters. The maximum absolute atomic E-state index is 14.3. The van der Waals surface area contributed by atoms with E-state index < -0.39 is 5.79 Å². The second-order valence-electron chi connectivity index (χ2n) is 16.3. The van der Waals surface area contributed by atoms with Crippen LogP contribution in [-0.4, -0.2) is 74.2 Å². The molecule has 6 aliphatic rings. The molecule has 0 radical (unpaired) electrons. The van der Waals surface area contributed by atoms with E-state index in [1.807, 2.05) is 14.1 Å². The standard InChI is InChI=1S/C35H57N3O5/c1-21-10-13-35(42-20-21)22(2)32-28(43-35)17-27-25-9-8-23-16-24(37-31(41)19-30(40)36-14-7-15-38(5)6)11-12-33(23,3)26(25)18-29(39)34(27,32)4/h21-28,32H,7-20H2,1-6H3,(H,36,40)(H,37,41)/t21-,22+,23+,24?,25-,26+,27+,28+,32+,33+,34-,35-/m1/s1. The van der Waals surface area contributed by atoms with Gasteiger partial charge in [-0.2, -0.15) is 0 Å². The van der Waals surface area contributed by atoms with Crippen molar-refractivity contribution in [3.63, 3.8) is 0 Å². The quantitative estimate of drug-likeness (QED) is 0.329. The molecule has 242 valence electrons. The fourth-order valence-corrected chi connectivity index (χ4v) is 11.2. The van der Waals surface area contributed by atoms with Gasteiger partial charge in [0.05, 0.1) is 12.7 Å². The van der Waals surface area contributed by atoms with Crippen molar-refractivity contribution in [1.29, 1.82) is 0 Å². The molecule has 0 bridgehead atoms. The molecule has 1 spiro atoms. The highest BCUT2D eigenvalue weighted by molar-refractivity contribution is 5.97. The third-order valence-electron chi connectivity index (χ3n) is 13.6. The smallest absolute Gasteiger partial charge is 0.229 e. The Kier molecular flexibility index (Phi) is 8.56. The van der Waals surface area contributed by atoms with Crippen LogP contribution in [0.1, 0.15) is 98.3 Å². The third-order valence-corrected chi connectivity index (χ3v) is 13.6. The first-order chi connectivity index (χ1) is 20.4.